The van der Waals surface area contributed by atoms with Gasteiger partial charge in [-0.05, 0) is 123 Å². The summed E-state index contributed by atoms with van der Waals surface area (Å²) in [6.45, 7) is 10.8. The summed E-state index contributed by atoms with van der Waals surface area (Å²) in [5, 5.41) is 11.3. The van der Waals surface area contributed by atoms with E-state index < -0.39 is 0 Å². The van der Waals surface area contributed by atoms with Crippen LogP contribution in [0.2, 0.25) is 0 Å². The Morgan fingerprint density at radius 2 is 1.89 bits per heavy atom. The Hall–Kier alpha value is -0.380. The quantitative estimate of drug-likeness (QED) is 0.226. The lowest BCUT2D eigenvalue weighted by molar-refractivity contribution is -0.223. The van der Waals surface area contributed by atoms with Crippen LogP contribution in [0, 0.1) is 46.3 Å². The number of ether oxygens (including phenoxy) is 2. The van der Waals surface area contributed by atoms with E-state index in [0.717, 1.165) is 37.2 Å². The van der Waals surface area contributed by atoms with E-state index in [4.69, 9.17) is 9.47 Å². The maximum atomic E-state index is 11.3. The van der Waals surface area contributed by atoms with Crippen molar-refractivity contribution in [1.82, 2.24) is 0 Å². The van der Waals surface area contributed by atoms with E-state index in [-0.39, 0.29) is 17.8 Å². The Labute approximate surface area is 215 Å². The third kappa shape index (κ3) is 4.81. The maximum absolute atomic E-state index is 11.3. The first-order valence-corrected chi connectivity index (χ1v) is 15.5. The van der Waals surface area contributed by atoms with Crippen molar-refractivity contribution in [2.45, 2.75) is 136 Å². The summed E-state index contributed by atoms with van der Waals surface area (Å²) < 4.78 is 12.5. The molecule has 1 N–H and O–H groups in total. The summed E-state index contributed by atoms with van der Waals surface area (Å²) >= 11 is 0. The first-order valence-electron chi connectivity index (χ1n) is 15.5. The molecule has 0 aromatic carbocycles. The summed E-state index contributed by atoms with van der Waals surface area (Å²) in [5.74, 6) is 4.29. The number of aliphatic hydroxyl groups excluding tert-OH is 1. The highest BCUT2D eigenvalue weighted by Gasteiger charge is 2.63. The fourth-order valence-corrected chi connectivity index (χ4v) is 9.94. The predicted octanol–water partition coefficient (Wildman–Crippen LogP) is 7.91. The summed E-state index contributed by atoms with van der Waals surface area (Å²) in [4.78, 5) is 0. The monoisotopic (exact) mass is 486 g/mol. The lowest BCUT2D eigenvalue weighted by Gasteiger charge is -2.63. The van der Waals surface area contributed by atoms with Gasteiger partial charge in [0.2, 0.25) is 0 Å². The molecule has 0 spiro atoms. The second-order valence-electron chi connectivity index (χ2n) is 13.7. The number of rotatable bonds is 7. The van der Waals surface area contributed by atoms with Gasteiger partial charge in [0.15, 0.2) is 6.29 Å². The van der Waals surface area contributed by atoms with E-state index in [0.29, 0.717) is 29.3 Å². The maximum Gasteiger partial charge on any atom is 0.157 e. The zero-order valence-corrected chi connectivity index (χ0v) is 23.2. The zero-order valence-electron chi connectivity index (χ0n) is 23.2. The minimum atomic E-state index is -0.124. The van der Waals surface area contributed by atoms with Crippen LogP contribution in [0.15, 0.2) is 12.2 Å². The van der Waals surface area contributed by atoms with Crippen molar-refractivity contribution in [3.63, 3.8) is 0 Å². The van der Waals surface area contributed by atoms with Gasteiger partial charge in [-0.15, -0.1) is 0 Å². The van der Waals surface area contributed by atoms with Crippen LogP contribution in [0.25, 0.3) is 0 Å². The molecule has 0 aromatic rings. The molecule has 0 bridgehead atoms. The molecule has 5 aliphatic rings. The summed E-state index contributed by atoms with van der Waals surface area (Å²) in [7, 11) is 0. The molecule has 5 rings (SSSR count). The molecule has 0 amide bonds. The molecule has 1 heterocycles. The van der Waals surface area contributed by atoms with E-state index in [1.807, 2.05) is 0 Å². The van der Waals surface area contributed by atoms with E-state index in [1.165, 1.54) is 77.0 Å². The molecule has 4 saturated carbocycles. The normalized spacial score (nSPS) is 50.0. The standard InChI is InChI=1S/C32H54O3/c1-5-6-7-8-9-12-23-20-28(33)31(3)17-16-27-26(30(23)31)15-14-24-21-25(19-22(2)32(24,27)4)35-29-13-10-11-18-34-29/h9,12,22-30,33H,5-8,10-11,13-21H2,1-4H3/t22-,23-,24-,25+,26+,27-,28-,29?,30-,31+,32-/m0/s1. The van der Waals surface area contributed by atoms with Gasteiger partial charge < -0.3 is 14.6 Å². The Balaban J connectivity index is 1.30. The van der Waals surface area contributed by atoms with Crippen LogP contribution in [-0.4, -0.2) is 30.2 Å². The molecule has 3 nitrogen and oxygen atoms in total. The number of fused-ring (bicyclic) bond motifs is 5. The molecule has 35 heavy (non-hydrogen) atoms. The first kappa shape index (κ1) is 26.2. The minimum absolute atomic E-state index is 0.0434. The smallest absolute Gasteiger partial charge is 0.157 e. The summed E-state index contributed by atoms with van der Waals surface area (Å²) in [6, 6.07) is 0. The van der Waals surface area contributed by atoms with E-state index in [1.54, 1.807) is 0 Å². The lowest BCUT2D eigenvalue weighted by atomic mass is 9.42. The van der Waals surface area contributed by atoms with Gasteiger partial charge >= 0.3 is 0 Å². The van der Waals surface area contributed by atoms with Crippen molar-refractivity contribution < 1.29 is 14.6 Å². The van der Waals surface area contributed by atoms with Crippen molar-refractivity contribution in [2.75, 3.05) is 6.61 Å². The molecule has 11 atom stereocenters. The van der Waals surface area contributed by atoms with Gasteiger partial charge in [0, 0.05) is 6.61 Å². The van der Waals surface area contributed by atoms with Gasteiger partial charge in [-0.25, -0.2) is 0 Å². The molecular formula is C32H54O3. The third-order valence-electron chi connectivity index (χ3n) is 12.0. The van der Waals surface area contributed by atoms with Crippen LogP contribution < -0.4 is 0 Å². The molecular weight excluding hydrogens is 432 g/mol. The predicted molar refractivity (Wildman–Crippen MR) is 143 cm³/mol. The largest absolute Gasteiger partial charge is 0.393 e. The average molecular weight is 487 g/mol. The van der Waals surface area contributed by atoms with Crippen LogP contribution in [0.5, 0.6) is 0 Å². The molecule has 1 saturated heterocycles. The highest BCUT2D eigenvalue weighted by molar-refractivity contribution is 5.15. The molecule has 0 radical (unpaired) electrons. The van der Waals surface area contributed by atoms with Crippen molar-refractivity contribution in [1.29, 1.82) is 0 Å². The molecule has 5 fully saturated rings. The average Bonchev–Trinajstić information content (AvgIpc) is 3.10. The number of hydrogen-bond donors (Lipinski definition) is 1. The number of unbranched alkanes of at least 4 members (excludes halogenated alkanes) is 3. The van der Waals surface area contributed by atoms with Crippen molar-refractivity contribution >= 4 is 0 Å². The van der Waals surface area contributed by atoms with Crippen LogP contribution in [0.1, 0.15) is 118 Å². The third-order valence-corrected chi connectivity index (χ3v) is 12.0. The van der Waals surface area contributed by atoms with Crippen LogP contribution >= 0.6 is 0 Å². The van der Waals surface area contributed by atoms with Gasteiger partial charge in [-0.3, -0.25) is 0 Å². The zero-order chi connectivity index (χ0) is 24.6. The van der Waals surface area contributed by atoms with Gasteiger partial charge in [0.25, 0.3) is 0 Å². The van der Waals surface area contributed by atoms with Crippen molar-refractivity contribution in [3.8, 4) is 0 Å². The Morgan fingerprint density at radius 3 is 2.66 bits per heavy atom. The Bertz CT molecular complexity index is 728. The van der Waals surface area contributed by atoms with Gasteiger partial charge in [-0.1, -0.05) is 52.7 Å². The molecule has 200 valence electrons. The van der Waals surface area contributed by atoms with Crippen molar-refractivity contribution in [3.05, 3.63) is 12.2 Å². The SMILES string of the molecule is CCCCCC=C[C@H]1C[C@H](O)[C@@]2(C)CC[C@H]3[C@@H](CC[C@H]4C[C@H](OC5CCCCO5)C[C@H](C)[C@@]43C)[C@H]12. The Morgan fingerprint density at radius 1 is 1.03 bits per heavy atom. The summed E-state index contributed by atoms with van der Waals surface area (Å²) in [6.07, 6.45) is 22.6. The first-order chi connectivity index (χ1) is 16.9. The Kier molecular flexibility index (Phi) is 8.08. The number of hydrogen-bond acceptors (Lipinski definition) is 3. The molecule has 4 aliphatic carbocycles. The van der Waals surface area contributed by atoms with Crippen LogP contribution in [0.4, 0.5) is 0 Å². The fraction of sp³-hybridized carbons (Fsp3) is 0.938. The number of allylic oxidation sites excluding steroid dienone is 2. The van der Waals surface area contributed by atoms with Crippen LogP contribution in [0.3, 0.4) is 0 Å². The van der Waals surface area contributed by atoms with Gasteiger partial charge in [0.1, 0.15) is 0 Å². The fourth-order valence-electron chi connectivity index (χ4n) is 9.94. The van der Waals surface area contributed by atoms with Gasteiger partial charge in [-0.2, -0.15) is 0 Å². The topological polar surface area (TPSA) is 38.7 Å². The minimum Gasteiger partial charge on any atom is -0.393 e. The molecule has 1 unspecified atom stereocenters. The van der Waals surface area contributed by atoms with Crippen LogP contribution in [-0.2, 0) is 9.47 Å². The van der Waals surface area contributed by atoms with E-state index in [9.17, 15) is 5.11 Å². The van der Waals surface area contributed by atoms with Gasteiger partial charge in [0.05, 0.1) is 12.2 Å². The van der Waals surface area contributed by atoms with Crippen molar-refractivity contribution in [2.24, 2.45) is 46.3 Å². The second kappa shape index (κ2) is 10.8. The highest BCUT2D eigenvalue weighted by atomic mass is 16.7. The summed E-state index contributed by atoms with van der Waals surface area (Å²) in [5.41, 5.74) is 0.533. The number of aliphatic hydroxyl groups is 1. The highest BCUT2D eigenvalue weighted by Crippen LogP contribution is 2.68. The lowest BCUT2D eigenvalue weighted by Crippen LogP contribution is -2.58. The molecule has 3 heteroatoms. The molecule has 0 aromatic heterocycles. The van der Waals surface area contributed by atoms with E-state index >= 15 is 0 Å². The molecule has 1 aliphatic heterocycles. The van der Waals surface area contributed by atoms with E-state index in [2.05, 4.69) is 39.8 Å². The second-order valence-corrected chi connectivity index (χ2v) is 13.7.